The zero-order chi connectivity index (χ0) is 31.0. The molecule has 13 heteroatoms. The highest BCUT2D eigenvalue weighted by atomic mass is 19.4. The largest absolute Gasteiger partial charge is 0.478 e. The van der Waals surface area contributed by atoms with Gasteiger partial charge in [-0.3, -0.25) is 4.68 Å². The number of alkyl halides is 3. The number of anilines is 1. The number of halogens is 3. The average Bonchev–Trinajstić information content (AvgIpc) is 3.49. The predicted octanol–water partition coefficient (Wildman–Crippen LogP) is 3.57. The average molecular weight is 605 g/mol. The molecule has 3 heterocycles. The van der Waals surface area contributed by atoms with Crippen LogP contribution >= 0.6 is 0 Å². The van der Waals surface area contributed by atoms with E-state index < -0.39 is 18.7 Å². The summed E-state index contributed by atoms with van der Waals surface area (Å²) in [4.78, 5) is 13.4. The van der Waals surface area contributed by atoms with E-state index in [1.54, 1.807) is 29.8 Å². The van der Waals surface area contributed by atoms with Gasteiger partial charge in [-0.15, -0.1) is 0 Å². The molecule has 0 saturated carbocycles. The number of carbonyl (C=O) groups is 1. The molecule has 1 saturated heterocycles. The molecule has 2 unspecified atom stereocenters. The number of aromatic carboxylic acids is 1. The number of fused-ring (bicyclic) bond motifs is 1. The van der Waals surface area contributed by atoms with Crippen molar-refractivity contribution >= 4 is 22.6 Å². The molecule has 1 fully saturated rings. The number of aromatic nitrogens is 3. The van der Waals surface area contributed by atoms with Crippen molar-refractivity contribution in [2.24, 2.45) is 11.7 Å². The van der Waals surface area contributed by atoms with E-state index in [0.717, 1.165) is 31.6 Å². The zero-order valence-corrected chi connectivity index (χ0v) is 24.5. The topological polar surface area (TPSA) is 120 Å². The van der Waals surface area contributed by atoms with E-state index in [0.29, 0.717) is 49.6 Å². The molecule has 43 heavy (non-hydrogen) atoms. The van der Waals surface area contributed by atoms with Crippen LogP contribution in [0.3, 0.4) is 0 Å². The smallest absolute Gasteiger partial charge is 0.406 e. The third kappa shape index (κ3) is 8.73. The molecule has 0 bridgehead atoms. The molecule has 4 rings (SSSR count). The highest BCUT2D eigenvalue weighted by molar-refractivity contribution is 5.94. The summed E-state index contributed by atoms with van der Waals surface area (Å²) in [5.74, 6) is 4.75. The molecule has 4 N–H and O–H groups in total. The molecule has 234 valence electrons. The lowest BCUT2D eigenvalue weighted by Gasteiger charge is -2.38. The molecule has 1 aromatic carbocycles. The van der Waals surface area contributed by atoms with Gasteiger partial charge < -0.3 is 35.1 Å². The van der Waals surface area contributed by atoms with Gasteiger partial charge in [-0.1, -0.05) is 12.0 Å². The van der Waals surface area contributed by atoms with E-state index in [4.69, 9.17) is 20.3 Å². The second-order valence-electron chi connectivity index (χ2n) is 10.7. The molecular formula is C30H39F3N6O4. The van der Waals surface area contributed by atoms with Gasteiger partial charge >= 0.3 is 12.1 Å². The number of carboxylic acid groups (broad SMARTS) is 1. The third-order valence-electron chi connectivity index (χ3n) is 7.67. The van der Waals surface area contributed by atoms with Gasteiger partial charge in [0.25, 0.3) is 0 Å². The molecule has 2 atom stereocenters. The number of rotatable bonds is 13. The Bertz CT molecular complexity index is 1440. The Morgan fingerprint density at radius 1 is 1.23 bits per heavy atom. The number of hydrogen-bond acceptors (Lipinski definition) is 7. The van der Waals surface area contributed by atoms with E-state index in [1.165, 1.54) is 10.8 Å². The van der Waals surface area contributed by atoms with Crippen molar-refractivity contribution < 1.29 is 32.5 Å². The number of ether oxygens (including phenoxy) is 2. The maximum absolute atomic E-state index is 13.4. The standard InChI is InChI=1S/C30H39F3N6O4/c1-21-25(29(40)41)18-35-39(21)12-14-43-16-15-42-13-9-22-19-37(2)11-8-26(22)36-27-6-3-7-28-24(27)17-23(5-4-10-34)38(28)20-30(31,32)33/h3,6-7,17-18,22,26,36H,8-16,19-20,34H2,1-2H3,(H,40,41). The summed E-state index contributed by atoms with van der Waals surface area (Å²) in [7, 11) is 2.08. The molecule has 0 amide bonds. The normalized spacial score (nSPS) is 17.6. The second-order valence-corrected chi connectivity index (χ2v) is 10.7. The van der Waals surface area contributed by atoms with Crippen molar-refractivity contribution in [3.05, 3.63) is 47.4 Å². The first-order valence-corrected chi connectivity index (χ1v) is 14.3. The number of carboxylic acids is 1. The number of hydrogen-bond donors (Lipinski definition) is 3. The maximum atomic E-state index is 13.4. The summed E-state index contributed by atoms with van der Waals surface area (Å²) in [6, 6.07) is 7.18. The zero-order valence-electron chi connectivity index (χ0n) is 24.5. The van der Waals surface area contributed by atoms with Crippen molar-refractivity contribution in [2.45, 2.75) is 45.1 Å². The lowest BCUT2D eigenvalue weighted by Crippen LogP contribution is -2.45. The molecular weight excluding hydrogens is 565 g/mol. The Kier molecular flexibility index (Phi) is 11.1. The first-order valence-electron chi connectivity index (χ1n) is 14.3. The maximum Gasteiger partial charge on any atom is 0.406 e. The Morgan fingerprint density at radius 2 is 2.00 bits per heavy atom. The Hall–Kier alpha value is -3.57. The monoisotopic (exact) mass is 604 g/mol. The van der Waals surface area contributed by atoms with Gasteiger partial charge in [0.1, 0.15) is 12.1 Å². The first kappa shape index (κ1) is 32.3. The number of benzene rings is 1. The highest BCUT2D eigenvalue weighted by Gasteiger charge is 2.31. The fourth-order valence-corrected chi connectivity index (χ4v) is 5.49. The van der Waals surface area contributed by atoms with Crippen LogP contribution in [0.15, 0.2) is 30.5 Å². The Morgan fingerprint density at radius 3 is 2.70 bits per heavy atom. The summed E-state index contributed by atoms with van der Waals surface area (Å²) in [6.45, 7) is 4.65. The van der Waals surface area contributed by atoms with Gasteiger partial charge in [-0.2, -0.15) is 18.3 Å². The SMILES string of the molecule is Cc1c(C(=O)O)cnn1CCOCCOCCC1CN(C)CCC1Nc1cccc2c1cc(C#CCN)n2CC(F)(F)F. The van der Waals surface area contributed by atoms with Crippen molar-refractivity contribution in [3.8, 4) is 11.8 Å². The van der Waals surface area contributed by atoms with Crippen molar-refractivity contribution in [3.63, 3.8) is 0 Å². The number of piperidine rings is 1. The quantitative estimate of drug-likeness (QED) is 0.200. The molecule has 2 aromatic heterocycles. The van der Waals surface area contributed by atoms with Crippen LogP contribution in [0, 0.1) is 24.7 Å². The molecule has 0 aliphatic carbocycles. The van der Waals surface area contributed by atoms with Gasteiger partial charge in [-0.25, -0.2) is 4.79 Å². The van der Waals surface area contributed by atoms with Crippen LogP contribution in [0.1, 0.15) is 34.6 Å². The van der Waals surface area contributed by atoms with E-state index >= 15 is 0 Å². The van der Waals surface area contributed by atoms with E-state index in [-0.39, 0.29) is 29.8 Å². The highest BCUT2D eigenvalue weighted by Crippen LogP contribution is 2.32. The minimum atomic E-state index is -4.39. The number of likely N-dealkylation sites (tertiary alicyclic amines) is 1. The first-order chi connectivity index (χ1) is 20.6. The van der Waals surface area contributed by atoms with Crippen LogP contribution in [-0.4, -0.2) is 95.7 Å². The summed E-state index contributed by atoms with van der Waals surface area (Å²) < 4.78 is 54.5. The Labute approximate surface area is 248 Å². The summed E-state index contributed by atoms with van der Waals surface area (Å²) in [6.07, 6.45) is -1.35. The van der Waals surface area contributed by atoms with Crippen LogP contribution in [0.25, 0.3) is 10.9 Å². The van der Waals surface area contributed by atoms with E-state index in [1.807, 2.05) is 6.07 Å². The fourth-order valence-electron chi connectivity index (χ4n) is 5.49. The summed E-state index contributed by atoms with van der Waals surface area (Å²) in [5.41, 5.74) is 7.80. The van der Waals surface area contributed by atoms with Crippen LogP contribution in [0.2, 0.25) is 0 Å². The third-order valence-corrected chi connectivity index (χ3v) is 7.67. The van der Waals surface area contributed by atoms with Crippen LogP contribution in [0.5, 0.6) is 0 Å². The van der Waals surface area contributed by atoms with Gasteiger partial charge in [0.15, 0.2) is 0 Å². The van der Waals surface area contributed by atoms with Crippen molar-refractivity contribution in [1.29, 1.82) is 0 Å². The lowest BCUT2D eigenvalue weighted by atomic mass is 9.89. The number of nitrogens with two attached hydrogens (primary N) is 1. The predicted molar refractivity (Wildman–Crippen MR) is 157 cm³/mol. The summed E-state index contributed by atoms with van der Waals surface area (Å²) in [5, 5.41) is 17.5. The van der Waals surface area contributed by atoms with Gasteiger partial charge in [0.05, 0.1) is 50.3 Å². The van der Waals surface area contributed by atoms with Gasteiger partial charge in [0.2, 0.25) is 0 Å². The van der Waals surface area contributed by atoms with Gasteiger partial charge in [0, 0.05) is 36.0 Å². The van der Waals surface area contributed by atoms with E-state index in [9.17, 15) is 18.0 Å². The van der Waals surface area contributed by atoms with E-state index in [2.05, 4.69) is 34.2 Å². The lowest BCUT2D eigenvalue weighted by molar-refractivity contribution is -0.140. The molecule has 0 radical (unpaired) electrons. The minimum Gasteiger partial charge on any atom is -0.478 e. The van der Waals surface area contributed by atoms with Crippen LogP contribution in [0.4, 0.5) is 18.9 Å². The molecule has 0 spiro atoms. The molecule has 1 aliphatic heterocycles. The summed E-state index contributed by atoms with van der Waals surface area (Å²) >= 11 is 0. The van der Waals surface area contributed by atoms with Crippen LogP contribution in [-0.2, 0) is 22.6 Å². The number of nitrogens with zero attached hydrogens (tertiary/aromatic N) is 4. The minimum absolute atomic E-state index is 0.0600. The second kappa shape index (κ2) is 14.7. The fraction of sp³-hybridized carbons (Fsp3) is 0.533. The molecule has 10 nitrogen and oxygen atoms in total. The molecule has 1 aliphatic rings. The van der Waals surface area contributed by atoms with Crippen molar-refractivity contribution in [2.75, 3.05) is 58.4 Å². The molecule has 3 aromatic rings. The van der Waals surface area contributed by atoms with Crippen molar-refractivity contribution in [1.82, 2.24) is 19.2 Å². The van der Waals surface area contributed by atoms with Crippen LogP contribution < -0.4 is 11.1 Å². The van der Waals surface area contributed by atoms with Gasteiger partial charge in [-0.05, 0) is 63.4 Å². The number of nitrogens with one attached hydrogen (secondary N) is 1. The Balaban J connectivity index is 1.31.